The Bertz CT molecular complexity index is 2000. The maximum atomic E-state index is 13.4. The number of benzene rings is 4. The lowest BCUT2D eigenvalue weighted by Gasteiger charge is -2.37. The lowest BCUT2D eigenvalue weighted by molar-refractivity contribution is 0.0981. The molecule has 1 heterocycles. The Morgan fingerprint density at radius 2 is 1.59 bits per heavy atom. The van der Waals surface area contributed by atoms with Gasteiger partial charge < -0.3 is 15.1 Å². The summed E-state index contributed by atoms with van der Waals surface area (Å²) >= 11 is 7.95. The first-order valence-electron chi connectivity index (χ1n) is 18.9. The minimum absolute atomic E-state index is 0.0693. The smallest absolute Gasteiger partial charge is 0.264 e. The number of carbonyl (C=O) groups excluding carboxylic acids is 1. The molecule has 4 aromatic rings. The number of allylic oxidation sites excluding steroid dienone is 1. The molecule has 0 unspecified atom stereocenters. The summed E-state index contributed by atoms with van der Waals surface area (Å²) in [5.74, 6) is 0.203. The monoisotopic (exact) mass is 785 g/mol. The van der Waals surface area contributed by atoms with E-state index in [1.807, 2.05) is 69.6 Å². The number of sulfonamides is 1. The first-order valence-corrected chi connectivity index (χ1v) is 21.8. The highest BCUT2D eigenvalue weighted by Crippen LogP contribution is 2.34. The summed E-state index contributed by atoms with van der Waals surface area (Å²) in [5, 5.41) is 4.42. The van der Waals surface area contributed by atoms with Crippen molar-refractivity contribution in [2.24, 2.45) is 0 Å². The molecule has 2 aliphatic rings. The summed E-state index contributed by atoms with van der Waals surface area (Å²) in [6, 6.07) is 31.0. The molecule has 1 fully saturated rings. The van der Waals surface area contributed by atoms with Gasteiger partial charge in [0.05, 0.1) is 4.90 Å². The van der Waals surface area contributed by atoms with Gasteiger partial charge in [-0.05, 0) is 130 Å². The van der Waals surface area contributed by atoms with Crippen molar-refractivity contribution in [2.75, 3.05) is 69.3 Å². The standard InChI is InChI=1S/C43H52ClN5O3S2/c1-4-32-28-40(22-23-42(32)45-37(30-47(2)3)31-53-39-11-6-5-7-12-39)54(51,52)46-43(50)34-16-20-38(21-17-34)49-26-24-48(25-27-49)29-35-10-8-9-13-41(35)33-14-18-36(44)19-15-33/h5-7,11-12,14-23,28,37,45H,4,8-10,13,24-27,29-31H2,1-3H3,(H,46,50)/t37-/m1/s1. The van der Waals surface area contributed by atoms with Crippen LogP contribution in [0, 0.1) is 0 Å². The van der Waals surface area contributed by atoms with Crippen LogP contribution >= 0.6 is 23.4 Å². The number of amides is 1. The van der Waals surface area contributed by atoms with Crippen LogP contribution in [-0.2, 0) is 16.4 Å². The van der Waals surface area contributed by atoms with Crippen molar-refractivity contribution in [3.63, 3.8) is 0 Å². The van der Waals surface area contributed by atoms with E-state index in [1.54, 1.807) is 41.6 Å². The highest BCUT2D eigenvalue weighted by Gasteiger charge is 2.24. The number of halogens is 1. The van der Waals surface area contributed by atoms with Crippen LogP contribution < -0.4 is 14.9 Å². The van der Waals surface area contributed by atoms with Gasteiger partial charge in [0.15, 0.2) is 0 Å². The Kier molecular flexibility index (Phi) is 13.8. The molecule has 2 N–H and O–H groups in total. The zero-order valence-electron chi connectivity index (χ0n) is 31.6. The number of carbonyl (C=O) groups is 1. The first-order chi connectivity index (χ1) is 26.1. The predicted molar refractivity (Wildman–Crippen MR) is 226 cm³/mol. The summed E-state index contributed by atoms with van der Waals surface area (Å²) in [5.41, 5.74) is 7.42. The number of thioether (sulfide) groups is 1. The van der Waals surface area contributed by atoms with E-state index in [0.29, 0.717) is 12.0 Å². The summed E-state index contributed by atoms with van der Waals surface area (Å²) in [4.78, 5) is 21.5. The topological polar surface area (TPSA) is 85.0 Å². The molecule has 8 nitrogen and oxygen atoms in total. The van der Waals surface area contributed by atoms with Crippen molar-refractivity contribution in [2.45, 2.75) is 54.9 Å². The van der Waals surface area contributed by atoms with Gasteiger partial charge in [0.25, 0.3) is 15.9 Å². The summed E-state index contributed by atoms with van der Waals surface area (Å²) in [6.45, 7) is 7.49. The maximum absolute atomic E-state index is 13.4. The van der Waals surface area contributed by atoms with Gasteiger partial charge in [0.1, 0.15) is 0 Å². The molecule has 0 bridgehead atoms. The predicted octanol–water partition coefficient (Wildman–Crippen LogP) is 8.31. The largest absolute Gasteiger partial charge is 0.380 e. The third kappa shape index (κ3) is 10.7. The second-order valence-electron chi connectivity index (χ2n) is 14.4. The van der Waals surface area contributed by atoms with Crippen LogP contribution in [0.3, 0.4) is 0 Å². The number of aryl methyl sites for hydroxylation is 1. The molecule has 286 valence electrons. The minimum Gasteiger partial charge on any atom is -0.380 e. The fourth-order valence-corrected chi connectivity index (χ4v) is 9.41. The van der Waals surface area contributed by atoms with E-state index in [0.717, 1.165) is 79.8 Å². The third-order valence-electron chi connectivity index (χ3n) is 10.2. The molecule has 4 aromatic carbocycles. The normalized spacial score (nSPS) is 16.1. The van der Waals surface area contributed by atoms with E-state index >= 15 is 0 Å². The summed E-state index contributed by atoms with van der Waals surface area (Å²) in [7, 11) is 0.00492. The van der Waals surface area contributed by atoms with Crippen LogP contribution in [0.5, 0.6) is 0 Å². The van der Waals surface area contributed by atoms with Crippen molar-refractivity contribution in [3.05, 3.63) is 124 Å². The van der Waals surface area contributed by atoms with Crippen molar-refractivity contribution in [1.82, 2.24) is 14.5 Å². The molecule has 6 rings (SSSR count). The molecule has 0 radical (unpaired) electrons. The fraction of sp³-hybridized carbons (Fsp3) is 0.372. The molecule has 1 aliphatic carbocycles. The number of hydrogen-bond donors (Lipinski definition) is 2. The lowest BCUT2D eigenvalue weighted by atomic mass is 9.87. The maximum Gasteiger partial charge on any atom is 0.264 e. The van der Waals surface area contributed by atoms with E-state index in [4.69, 9.17) is 11.6 Å². The van der Waals surface area contributed by atoms with Gasteiger partial charge in [0, 0.05) is 77.9 Å². The van der Waals surface area contributed by atoms with Crippen LogP contribution in [0.1, 0.15) is 54.1 Å². The molecule has 1 saturated heterocycles. The molecular formula is C43H52ClN5O3S2. The highest BCUT2D eigenvalue weighted by atomic mass is 35.5. The average molecular weight is 787 g/mol. The second kappa shape index (κ2) is 18.7. The first kappa shape index (κ1) is 39.9. The van der Waals surface area contributed by atoms with Gasteiger partial charge in [0.2, 0.25) is 0 Å². The van der Waals surface area contributed by atoms with Crippen molar-refractivity contribution < 1.29 is 13.2 Å². The molecule has 1 amide bonds. The number of likely N-dealkylation sites (N-methyl/N-ethyl adjacent to an activating group) is 1. The van der Waals surface area contributed by atoms with E-state index in [9.17, 15) is 13.2 Å². The van der Waals surface area contributed by atoms with Crippen molar-refractivity contribution in [1.29, 1.82) is 0 Å². The van der Waals surface area contributed by atoms with Gasteiger partial charge in [-0.2, -0.15) is 0 Å². The zero-order chi connectivity index (χ0) is 38.1. The van der Waals surface area contributed by atoms with E-state index in [-0.39, 0.29) is 10.9 Å². The van der Waals surface area contributed by atoms with Gasteiger partial charge in [-0.15, -0.1) is 11.8 Å². The molecular weight excluding hydrogens is 734 g/mol. The van der Waals surface area contributed by atoms with E-state index in [1.165, 1.54) is 28.9 Å². The highest BCUT2D eigenvalue weighted by molar-refractivity contribution is 7.99. The van der Waals surface area contributed by atoms with Crippen LogP contribution in [-0.4, -0.2) is 89.3 Å². The molecule has 0 spiro atoms. The van der Waals surface area contributed by atoms with Crippen LogP contribution in [0.4, 0.5) is 11.4 Å². The minimum atomic E-state index is -4.09. The Hall–Kier alpha value is -3.80. The van der Waals surface area contributed by atoms with Crippen LogP contribution in [0.2, 0.25) is 5.02 Å². The summed E-state index contributed by atoms with van der Waals surface area (Å²) < 4.78 is 29.2. The number of rotatable bonds is 15. The fourth-order valence-electron chi connectivity index (χ4n) is 7.32. The number of anilines is 2. The number of hydrogen-bond acceptors (Lipinski definition) is 8. The SMILES string of the molecule is CCc1cc(S(=O)(=O)NC(=O)c2ccc(N3CCN(CC4=C(c5ccc(Cl)cc5)CCCC4)CC3)cc2)ccc1N[C@@H](CSc1ccccc1)CN(C)C. The molecule has 1 aliphatic heterocycles. The van der Waals surface area contributed by atoms with Gasteiger partial charge in [-0.3, -0.25) is 9.69 Å². The number of piperazine rings is 1. The Morgan fingerprint density at radius 3 is 2.28 bits per heavy atom. The Labute approximate surface area is 331 Å². The van der Waals surface area contributed by atoms with Gasteiger partial charge in [-0.25, -0.2) is 13.1 Å². The molecule has 11 heteroatoms. The molecule has 0 aromatic heterocycles. The van der Waals surface area contributed by atoms with Gasteiger partial charge >= 0.3 is 0 Å². The number of nitrogens with one attached hydrogen (secondary N) is 2. The second-order valence-corrected chi connectivity index (χ2v) is 17.7. The zero-order valence-corrected chi connectivity index (χ0v) is 34.0. The quantitative estimate of drug-likeness (QED) is 0.117. The molecule has 54 heavy (non-hydrogen) atoms. The van der Waals surface area contributed by atoms with Crippen LogP contribution in [0.15, 0.2) is 112 Å². The van der Waals surface area contributed by atoms with Crippen molar-refractivity contribution >= 4 is 56.2 Å². The average Bonchev–Trinajstić information content (AvgIpc) is 3.18. The van der Waals surface area contributed by atoms with E-state index in [2.05, 4.69) is 49.0 Å². The number of nitrogens with zero attached hydrogens (tertiary/aromatic N) is 3. The molecule has 1 atom stereocenters. The third-order valence-corrected chi connectivity index (χ3v) is 12.9. The lowest BCUT2D eigenvalue weighted by Crippen LogP contribution is -2.47. The van der Waals surface area contributed by atoms with Crippen LogP contribution in [0.25, 0.3) is 5.57 Å². The molecule has 0 saturated carbocycles. The van der Waals surface area contributed by atoms with Crippen molar-refractivity contribution in [3.8, 4) is 0 Å². The Balaban J connectivity index is 1.04. The summed E-state index contributed by atoms with van der Waals surface area (Å²) in [6.07, 6.45) is 5.37. The Morgan fingerprint density at radius 1 is 0.889 bits per heavy atom. The van der Waals surface area contributed by atoms with E-state index < -0.39 is 15.9 Å². The van der Waals surface area contributed by atoms with Gasteiger partial charge in [-0.1, -0.05) is 54.4 Å².